The van der Waals surface area contributed by atoms with Crippen molar-refractivity contribution < 1.29 is 4.74 Å². The van der Waals surface area contributed by atoms with Crippen LogP contribution in [0, 0.1) is 13.8 Å². The molecule has 0 aromatic heterocycles. The zero-order chi connectivity index (χ0) is 15.5. The van der Waals surface area contributed by atoms with Gasteiger partial charge in [0.25, 0.3) is 0 Å². The molecule has 0 aliphatic rings. The lowest BCUT2D eigenvalue weighted by Crippen LogP contribution is -2.47. The monoisotopic (exact) mass is 283 g/mol. The van der Waals surface area contributed by atoms with E-state index in [9.17, 15) is 0 Å². The molecule has 2 rings (SSSR count). The van der Waals surface area contributed by atoms with Crippen molar-refractivity contribution in [3.8, 4) is 0 Å². The third-order valence-electron chi connectivity index (χ3n) is 4.33. The summed E-state index contributed by atoms with van der Waals surface area (Å²) in [7, 11) is 3.76. The topological polar surface area (TPSA) is 21.3 Å². The Kier molecular flexibility index (Phi) is 4.81. The van der Waals surface area contributed by atoms with E-state index >= 15 is 0 Å². The Morgan fingerprint density at radius 1 is 0.857 bits per heavy atom. The fourth-order valence-electron chi connectivity index (χ4n) is 2.88. The Morgan fingerprint density at radius 2 is 1.24 bits per heavy atom. The fraction of sp³-hybridized carbons (Fsp3) is 0.368. The van der Waals surface area contributed by atoms with Crippen LogP contribution in [-0.2, 0) is 10.3 Å². The molecule has 0 bridgehead atoms. The highest BCUT2D eigenvalue weighted by molar-refractivity contribution is 5.40. The first-order chi connectivity index (χ1) is 10.0. The van der Waals surface area contributed by atoms with Crippen LogP contribution in [0.25, 0.3) is 0 Å². The summed E-state index contributed by atoms with van der Waals surface area (Å²) in [4.78, 5) is 0. The molecule has 2 nitrogen and oxygen atoms in total. The minimum atomic E-state index is -0.490. The molecule has 0 aliphatic carbocycles. The molecule has 1 atom stereocenters. The highest BCUT2D eigenvalue weighted by Crippen LogP contribution is 2.36. The van der Waals surface area contributed by atoms with E-state index in [4.69, 9.17) is 4.74 Å². The minimum absolute atomic E-state index is 0.146. The maximum atomic E-state index is 6.08. The molecule has 1 N–H and O–H groups in total. The van der Waals surface area contributed by atoms with Crippen LogP contribution in [0.4, 0.5) is 0 Å². The Bertz CT molecular complexity index is 526. The van der Waals surface area contributed by atoms with Crippen LogP contribution < -0.4 is 5.32 Å². The number of aryl methyl sites for hydroxylation is 2. The van der Waals surface area contributed by atoms with Crippen molar-refractivity contribution in [2.75, 3.05) is 14.2 Å². The Labute approximate surface area is 128 Å². The van der Waals surface area contributed by atoms with Gasteiger partial charge in [0, 0.05) is 13.2 Å². The van der Waals surface area contributed by atoms with Crippen LogP contribution in [0.3, 0.4) is 0 Å². The van der Waals surface area contributed by atoms with E-state index in [0.717, 1.165) is 0 Å². The normalized spacial score (nSPS) is 13.2. The molecule has 0 fully saturated rings. The van der Waals surface area contributed by atoms with E-state index in [-0.39, 0.29) is 6.04 Å². The molecular formula is C19H25NO. The van der Waals surface area contributed by atoms with Crippen molar-refractivity contribution in [3.63, 3.8) is 0 Å². The standard InChI is InChI=1S/C19H25NO/c1-14-6-10-17(11-7-14)19(21-5,16(3)20-4)18-12-8-15(2)9-13-18/h6-13,16,20H,1-5H3/t16-/m0/s1. The molecule has 2 heteroatoms. The number of hydrogen-bond donors (Lipinski definition) is 1. The number of methoxy groups -OCH3 is 1. The average Bonchev–Trinajstić information content (AvgIpc) is 2.51. The van der Waals surface area contributed by atoms with Gasteiger partial charge in [-0.15, -0.1) is 0 Å². The molecule has 2 aromatic carbocycles. The van der Waals surface area contributed by atoms with Crippen LogP contribution in [-0.4, -0.2) is 20.2 Å². The summed E-state index contributed by atoms with van der Waals surface area (Å²) >= 11 is 0. The molecule has 2 aromatic rings. The van der Waals surface area contributed by atoms with Crippen LogP contribution >= 0.6 is 0 Å². The number of hydrogen-bond acceptors (Lipinski definition) is 2. The van der Waals surface area contributed by atoms with E-state index in [1.165, 1.54) is 22.3 Å². The maximum absolute atomic E-state index is 6.08. The lowest BCUT2D eigenvalue weighted by molar-refractivity contribution is -0.00435. The first kappa shape index (κ1) is 15.7. The van der Waals surface area contributed by atoms with Crippen molar-refractivity contribution in [1.29, 1.82) is 0 Å². The van der Waals surface area contributed by atoms with Gasteiger partial charge in [0.05, 0.1) is 0 Å². The number of benzene rings is 2. The summed E-state index contributed by atoms with van der Waals surface area (Å²) in [6.45, 7) is 6.36. The zero-order valence-corrected chi connectivity index (χ0v) is 13.6. The number of rotatable bonds is 5. The average molecular weight is 283 g/mol. The van der Waals surface area contributed by atoms with E-state index in [1.54, 1.807) is 7.11 Å². The number of nitrogens with one attached hydrogen (secondary N) is 1. The Morgan fingerprint density at radius 3 is 1.52 bits per heavy atom. The SMILES string of the molecule is CN[C@@H](C)C(OC)(c1ccc(C)cc1)c1ccc(C)cc1. The largest absolute Gasteiger partial charge is 0.367 e. The van der Waals surface area contributed by atoms with Gasteiger partial charge in [0.2, 0.25) is 0 Å². The summed E-state index contributed by atoms with van der Waals surface area (Å²) in [5, 5.41) is 3.36. The van der Waals surface area contributed by atoms with Gasteiger partial charge >= 0.3 is 0 Å². The minimum Gasteiger partial charge on any atom is -0.367 e. The van der Waals surface area contributed by atoms with Gasteiger partial charge in [-0.1, -0.05) is 59.7 Å². The predicted octanol–water partition coefficient (Wildman–Crippen LogP) is 3.80. The van der Waals surface area contributed by atoms with Gasteiger partial charge in [-0.2, -0.15) is 0 Å². The predicted molar refractivity (Wildman–Crippen MR) is 88.7 cm³/mol. The summed E-state index contributed by atoms with van der Waals surface area (Å²) in [6.07, 6.45) is 0. The van der Waals surface area contributed by atoms with Gasteiger partial charge < -0.3 is 10.1 Å². The summed E-state index contributed by atoms with van der Waals surface area (Å²) < 4.78 is 6.08. The van der Waals surface area contributed by atoms with Gasteiger partial charge in [-0.3, -0.25) is 0 Å². The first-order valence-corrected chi connectivity index (χ1v) is 7.41. The molecule has 0 radical (unpaired) electrons. The van der Waals surface area contributed by atoms with Gasteiger partial charge in [-0.05, 0) is 38.9 Å². The highest BCUT2D eigenvalue weighted by Gasteiger charge is 2.39. The molecule has 112 valence electrons. The smallest absolute Gasteiger partial charge is 0.133 e. The quantitative estimate of drug-likeness (QED) is 0.901. The zero-order valence-electron chi connectivity index (χ0n) is 13.6. The molecule has 0 unspecified atom stereocenters. The van der Waals surface area contributed by atoms with Crippen molar-refractivity contribution in [2.45, 2.75) is 32.4 Å². The second kappa shape index (κ2) is 6.42. The third-order valence-corrected chi connectivity index (χ3v) is 4.33. The van der Waals surface area contributed by atoms with Gasteiger partial charge in [0.1, 0.15) is 5.60 Å². The van der Waals surface area contributed by atoms with Crippen molar-refractivity contribution in [2.24, 2.45) is 0 Å². The van der Waals surface area contributed by atoms with Gasteiger partial charge in [-0.25, -0.2) is 0 Å². The molecule has 0 amide bonds. The molecule has 0 saturated carbocycles. The van der Waals surface area contributed by atoms with Crippen molar-refractivity contribution in [3.05, 3.63) is 70.8 Å². The fourth-order valence-corrected chi connectivity index (χ4v) is 2.88. The Balaban J connectivity index is 2.62. The van der Waals surface area contributed by atoms with Crippen LogP contribution in [0.2, 0.25) is 0 Å². The summed E-state index contributed by atoms with van der Waals surface area (Å²) in [5.74, 6) is 0. The lowest BCUT2D eigenvalue weighted by atomic mass is 9.80. The third kappa shape index (κ3) is 2.87. The summed E-state index contributed by atoms with van der Waals surface area (Å²) in [5.41, 5.74) is 4.35. The molecule has 0 aliphatic heterocycles. The van der Waals surface area contributed by atoms with E-state index in [0.29, 0.717) is 0 Å². The maximum Gasteiger partial charge on any atom is 0.133 e. The van der Waals surface area contributed by atoms with E-state index in [2.05, 4.69) is 74.6 Å². The van der Waals surface area contributed by atoms with Crippen LogP contribution in [0.5, 0.6) is 0 Å². The number of ether oxygens (including phenoxy) is 1. The molecule has 21 heavy (non-hydrogen) atoms. The highest BCUT2D eigenvalue weighted by atomic mass is 16.5. The van der Waals surface area contributed by atoms with Crippen LogP contribution in [0.15, 0.2) is 48.5 Å². The number of likely N-dealkylation sites (N-methyl/N-ethyl adjacent to an activating group) is 1. The molecule has 0 saturated heterocycles. The van der Waals surface area contributed by atoms with E-state index < -0.39 is 5.60 Å². The van der Waals surface area contributed by atoms with E-state index in [1.807, 2.05) is 7.05 Å². The molecule has 0 heterocycles. The second-order valence-corrected chi connectivity index (χ2v) is 5.68. The second-order valence-electron chi connectivity index (χ2n) is 5.68. The first-order valence-electron chi connectivity index (χ1n) is 7.41. The molecule has 0 spiro atoms. The summed E-state index contributed by atoms with van der Waals surface area (Å²) in [6, 6.07) is 17.3. The van der Waals surface area contributed by atoms with Crippen molar-refractivity contribution >= 4 is 0 Å². The Hall–Kier alpha value is -1.64. The van der Waals surface area contributed by atoms with Crippen LogP contribution in [0.1, 0.15) is 29.2 Å². The lowest BCUT2D eigenvalue weighted by Gasteiger charge is -2.39. The van der Waals surface area contributed by atoms with Gasteiger partial charge in [0.15, 0.2) is 0 Å². The van der Waals surface area contributed by atoms with Crippen molar-refractivity contribution in [1.82, 2.24) is 5.32 Å². The molecular weight excluding hydrogens is 258 g/mol.